The Morgan fingerprint density at radius 1 is 0.808 bits per heavy atom. The molecular formula is C23H20ClNO. The lowest BCUT2D eigenvalue weighted by Gasteiger charge is -2.18. The first-order chi connectivity index (χ1) is 12.8. The molecule has 2 aliphatic rings. The Morgan fingerprint density at radius 3 is 2.35 bits per heavy atom. The molecule has 2 heterocycles. The summed E-state index contributed by atoms with van der Waals surface area (Å²) in [4.78, 5) is 2.55. The maximum absolute atomic E-state index is 6.33. The van der Waals surface area contributed by atoms with Gasteiger partial charge in [-0.1, -0.05) is 60.1 Å². The summed E-state index contributed by atoms with van der Waals surface area (Å²) >= 11 is 6.33. The molecule has 2 atom stereocenters. The van der Waals surface area contributed by atoms with Gasteiger partial charge in [0.25, 0.3) is 0 Å². The van der Waals surface area contributed by atoms with Gasteiger partial charge in [-0.25, -0.2) is 0 Å². The van der Waals surface area contributed by atoms with E-state index in [0.29, 0.717) is 11.8 Å². The molecule has 0 saturated carbocycles. The van der Waals surface area contributed by atoms with Gasteiger partial charge >= 0.3 is 0 Å². The summed E-state index contributed by atoms with van der Waals surface area (Å²) in [5.74, 6) is 2.74. The third-order valence-corrected chi connectivity index (χ3v) is 5.79. The number of halogens is 1. The van der Waals surface area contributed by atoms with Crippen LogP contribution in [0.25, 0.3) is 0 Å². The molecule has 0 spiro atoms. The zero-order valence-electron chi connectivity index (χ0n) is 14.4. The molecule has 0 aliphatic carbocycles. The van der Waals surface area contributed by atoms with Gasteiger partial charge < -0.3 is 4.74 Å². The van der Waals surface area contributed by atoms with E-state index in [1.165, 1.54) is 16.7 Å². The lowest BCUT2D eigenvalue weighted by molar-refractivity contribution is 0.321. The largest absolute Gasteiger partial charge is 0.457 e. The number of likely N-dealkylation sites (tertiary alicyclic amines) is 1. The number of benzene rings is 3. The van der Waals surface area contributed by atoms with Crippen LogP contribution in [-0.2, 0) is 6.54 Å². The van der Waals surface area contributed by atoms with Crippen molar-refractivity contribution >= 4 is 11.6 Å². The third-order valence-electron chi connectivity index (χ3n) is 5.55. The van der Waals surface area contributed by atoms with E-state index >= 15 is 0 Å². The molecule has 1 saturated heterocycles. The number of hydrogen-bond acceptors (Lipinski definition) is 2. The van der Waals surface area contributed by atoms with E-state index in [1.54, 1.807) is 0 Å². The fourth-order valence-corrected chi connectivity index (χ4v) is 4.57. The summed E-state index contributed by atoms with van der Waals surface area (Å²) in [6, 6.07) is 25.2. The number of ether oxygens (including phenoxy) is 1. The molecule has 130 valence electrons. The Kier molecular flexibility index (Phi) is 3.96. The van der Waals surface area contributed by atoms with Crippen molar-refractivity contribution in [3.05, 3.63) is 94.5 Å². The minimum absolute atomic E-state index is 0.399. The quantitative estimate of drug-likeness (QED) is 0.569. The van der Waals surface area contributed by atoms with Crippen LogP contribution in [0.3, 0.4) is 0 Å². The highest BCUT2D eigenvalue weighted by atomic mass is 35.5. The average Bonchev–Trinajstić information content (AvgIpc) is 3.03. The molecule has 0 N–H and O–H groups in total. The first-order valence-electron chi connectivity index (χ1n) is 9.10. The molecule has 1 fully saturated rings. The molecule has 3 heteroatoms. The Hall–Kier alpha value is -2.29. The molecule has 0 bridgehead atoms. The van der Waals surface area contributed by atoms with Gasteiger partial charge in [-0.05, 0) is 35.4 Å². The van der Waals surface area contributed by atoms with E-state index in [9.17, 15) is 0 Å². The van der Waals surface area contributed by atoms with Crippen LogP contribution in [0.2, 0.25) is 5.02 Å². The maximum Gasteiger partial charge on any atom is 0.131 e. The first kappa shape index (κ1) is 15.9. The van der Waals surface area contributed by atoms with E-state index in [-0.39, 0.29) is 0 Å². The fourth-order valence-electron chi connectivity index (χ4n) is 4.39. The number of hydrogen-bond donors (Lipinski definition) is 0. The maximum atomic E-state index is 6.33. The van der Waals surface area contributed by atoms with E-state index < -0.39 is 0 Å². The summed E-state index contributed by atoms with van der Waals surface area (Å²) in [5, 5.41) is 0.776. The summed E-state index contributed by atoms with van der Waals surface area (Å²) in [6.45, 7) is 3.03. The lowest BCUT2D eigenvalue weighted by atomic mass is 9.84. The summed E-state index contributed by atoms with van der Waals surface area (Å²) < 4.78 is 6.27. The number of nitrogens with zero attached hydrogens (tertiary/aromatic N) is 1. The highest BCUT2D eigenvalue weighted by Crippen LogP contribution is 2.50. The molecule has 2 nitrogen and oxygen atoms in total. The van der Waals surface area contributed by atoms with Gasteiger partial charge in [0, 0.05) is 42.1 Å². The molecule has 0 amide bonds. The first-order valence-corrected chi connectivity index (χ1v) is 9.48. The topological polar surface area (TPSA) is 12.5 Å². The van der Waals surface area contributed by atoms with Gasteiger partial charge in [0.1, 0.15) is 11.5 Å². The van der Waals surface area contributed by atoms with Crippen LogP contribution in [0.15, 0.2) is 72.8 Å². The Morgan fingerprint density at radius 2 is 1.50 bits per heavy atom. The minimum Gasteiger partial charge on any atom is -0.457 e. The monoisotopic (exact) mass is 361 g/mol. The van der Waals surface area contributed by atoms with Crippen molar-refractivity contribution in [2.75, 3.05) is 13.1 Å². The second-order valence-corrected chi connectivity index (χ2v) is 7.65. The molecule has 2 aliphatic heterocycles. The van der Waals surface area contributed by atoms with Gasteiger partial charge in [-0.15, -0.1) is 0 Å². The minimum atomic E-state index is 0.399. The molecule has 3 aromatic carbocycles. The summed E-state index contributed by atoms with van der Waals surface area (Å²) in [5.41, 5.74) is 3.90. The molecule has 0 aromatic heterocycles. The van der Waals surface area contributed by atoms with Gasteiger partial charge in [-0.2, -0.15) is 0 Å². The molecule has 5 rings (SSSR count). The van der Waals surface area contributed by atoms with Crippen molar-refractivity contribution in [1.29, 1.82) is 0 Å². The lowest BCUT2D eigenvalue weighted by Crippen LogP contribution is -2.20. The van der Waals surface area contributed by atoms with Crippen molar-refractivity contribution < 1.29 is 4.74 Å². The molecule has 0 radical (unpaired) electrons. The normalized spacial score (nSPS) is 21.3. The Balaban J connectivity index is 1.55. The second-order valence-electron chi connectivity index (χ2n) is 7.21. The average molecular weight is 362 g/mol. The van der Waals surface area contributed by atoms with Crippen LogP contribution < -0.4 is 4.74 Å². The standard InChI is InChI=1S/C23H20ClNO/c24-17-10-11-23-19(12-17)21-15-25(13-16-6-2-1-3-7-16)14-20(21)18-8-4-5-9-22(18)26-23/h1-12,20-21H,13-15H2/t20-,21-/m1/s1. The van der Waals surface area contributed by atoms with Crippen LogP contribution in [0, 0.1) is 0 Å². The van der Waals surface area contributed by atoms with E-state index in [2.05, 4.69) is 59.5 Å². The molecular weight excluding hydrogens is 342 g/mol. The predicted octanol–water partition coefficient (Wildman–Crippen LogP) is 5.83. The van der Waals surface area contributed by atoms with Crippen LogP contribution >= 0.6 is 11.6 Å². The van der Waals surface area contributed by atoms with Crippen molar-refractivity contribution in [2.24, 2.45) is 0 Å². The Labute approximate surface area is 159 Å². The summed E-state index contributed by atoms with van der Waals surface area (Å²) in [6.07, 6.45) is 0. The molecule has 26 heavy (non-hydrogen) atoms. The van der Waals surface area contributed by atoms with Gasteiger partial charge in [0.2, 0.25) is 0 Å². The van der Waals surface area contributed by atoms with E-state index in [4.69, 9.17) is 16.3 Å². The zero-order chi connectivity index (χ0) is 17.5. The highest BCUT2D eigenvalue weighted by Gasteiger charge is 2.39. The molecule has 0 unspecified atom stereocenters. The van der Waals surface area contributed by atoms with Crippen LogP contribution in [-0.4, -0.2) is 18.0 Å². The summed E-state index contributed by atoms with van der Waals surface area (Å²) in [7, 11) is 0. The fraction of sp³-hybridized carbons (Fsp3) is 0.217. The number of fused-ring (bicyclic) bond motifs is 5. The van der Waals surface area contributed by atoms with Crippen LogP contribution in [0.4, 0.5) is 0 Å². The predicted molar refractivity (Wildman–Crippen MR) is 105 cm³/mol. The Bertz CT molecular complexity index is 940. The molecule has 3 aromatic rings. The third kappa shape index (κ3) is 2.80. The van der Waals surface area contributed by atoms with Gasteiger partial charge in [0.15, 0.2) is 0 Å². The highest BCUT2D eigenvalue weighted by molar-refractivity contribution is 6.30. The van der Waals surface area contributed by atoms with Crippen molar-refractivity contribution in [3.8, 4) is 11.5 Å². The van der Waals surface area contributed by atoms with Crippen molar-refractivity contribution in [2.45, 2.75) is 18.4 Å². The van der Waals surface area contributed by atoms with Gasteiger partial charge in [-0.3, -0.25) is 4.90 Å². The van der Waals surface area contributed by atoms with E-state index in [0.717, 1.165) is 36.2 Å². The zero-order valence-corrected chi connectivity index (χ0v) is 15.2. The second kappa shape index (κ2) is 6.46. The van der Waals surface area contributed by atoms with Crippen LogP contribution in [0.1, 0.15) is 28.5 Å². The number of rotatable bonds is 2. The van der Waals surface area contributed by atoms with Crippen molar-refractivity contribution in [3.63, 3.8) is 0 Å². The number of para-hydroxylation sites is 1. The van der Waals surface area contributed by atoms with E-state index in [1.807, 2.05) is 18.2 Å². The smallest absolute Gasteiger partial charge is 0.131 e. The van der Waals surface area contributed by atoms with Crippen LogP contribution in [0.5, 0.6) is 11.5 Å². The van der Waals surface area contributed by atoms with Crippen molar-refractivity contribution in [1.82, 2.24) is 4.90 Å². The SMILES string of the molecule is Clc1ccc2c(c1)[C@H]1CN(Cc3ccccc3)C[C@@H]1c1ccccc1O2. The van der Waals surface area contributed by atoms with Gasteiger partial charge in [0.05, 0.1) is 0 Å².